The van der Waals surface area contributed by atoms with E-state index in [0.29, 0.717) is 5.39 Å². The highest BCUT2D eigenvalue weighted by molar-refractivity contribution is 7.24. The highest BCUT2D eigenvalue weighted by Crippen LogP contribution is 2.25. The molecule has 2 aromatic carbocycles. The van der Waals surface area contributed by atoms with Crippen molar-refractivity contribution in [3.63, 3.8) is 0 Å². The first-order chi connectivity index (χ1) is 10.7. The summed E-state index contributed by atoms with van der Waals surface area (Å²) in [6.07, 6.45) is 1.47. The molecular formula is C17H13NO3S. The molecule has 4 nitrogen and oxygen atoms in total. The minimum absolute atomic E-state index is 0.0552. The largest absolute Gasteiger partial charge is 0.361 e. The lowest BCUT2D eigenvalue weighted by Crippen LogP contribution is -2.01. The third-order valence-corrected chi connectivity index (χ3v) is 4.77. The van der Waals surface area contributed by atoms with Gasteiger partial charge in [-0.15, -0.1) is 11.3 Å². The van der Waals surface area contributed by atoms with Gasteiger partial charge in [0.15, 0.2) is 5.43 Å². The van der Waals surface area contributed by atoms with E-state index < -0.39 is 0 Å². The zero-order valence-electron chi connectivity index (χ0n) is 11.9. The molecule has 2 unspecified atom stereocenters. The Bertz CT molecular complexity index is 947. The zero-order chi connectivity index (χ0) is 15.1. The Hall–Kier alpha value is -2.24. The van der Waals surface area contributed by atoms with Crippen LogP contribution in [0.2, 0.25) is 0 Å². The van der Waals surface area contributed by atoms with Gasteiger partial charge in [-0.1, -0.05) is 23.4 Å². The normalized spacial score (nSPS) is 20.8. The van der Waals surface area contributed by atoms with Crippen LogP contribution in [0.5, 0.6) is 0 Å². The van der Waals surface area contributed by atoms with Gasteiger partial charge in [0.05, 0.1) is 6.21 Å². The number of oxime groups is 1. The summed E-state index contributed by atoms with van der Waals surface area (Å²) < 4.78 is 7.09. The Morgan fingerprint density at radius 2 is 1.95 bits per heavy atom. The molecule has 3 aromatic rings. The predicted molar refractivity (Wildman–Crippen MR) is 88.6 cm³/mol. The molecule has 2 heterocycles. The monoisotopic (exact) mass is 311 g/mol. The van der Waals surface area contributed by atoms with Crippen molar-refractivity contribution in [2.45, 2.75) is 19.3 Å². The van der Waals surface area contributed by atoms with Gasteiger partial charge in [0.1, 0.15) is 6.10 Å². The van der Waals surface area contributed by atoms with Crippen molar-refractivity contribution in [3.8, 4) is 0 Å². The fourth-order valence-electron chi connectivity index (χ4n) is 2.33. The number of hydrogen-bond acceptors (Lipinski definition) is 5. The molecule has 110 valence electrons. The van der Waals surface area contributed by atoms with Crippen molar-refractivity contribution in [1.29, 1.82) is 0 Å². The van der Waals surface area contributed by atoms with Crippen molar-refractivity contribution in [2.75, 3.05) is 0 Å². The van der Waals surface area contributed by atoms with Crippen LogP contribution in [0, 0.1) is 0 Å². The second-order valence-corrected chi connectivity index (χ2v) is 6.32. The fraction of sp³-hybridized carbons (Fsp3) is 0.176. The molecule has 1 aliphatic heterocycles. The minimum atomic E-state index is -0.238. The number of hydrogen-bond donors (Lipinski definition) is 0. The van der Waals surface area contributed by atoms with Gasteiger partial charge >= 0.3 is 0 Å². The summed E-state index contributed by atoms with van der Waals surface area (Å²) >= 11 is 1.62. The fourth-order valence-corrected chi connectivity index (χ4v) is 3.38. The first kappa shape index (κ1) is 13.4. The molecule has 1 saturated heterocycles. The summed E-state index contributed by atoms with van der Waals surface area (Å²) in [5.74, 6) is 0. The first-order valence-electron chi connectivity index (χ1n) is 7.02. The predicted octanol–water partition coefficient (Wildman–Crippen LogP) is 3.51. The number of ether oxygens (including phenoxy) is 1. The van der Waals surface area contributed by atoms with Gasteiger partial charge < -0.3 is 9.57 Å². The molecule has 0 saturated carbocycles. The summed E-state index contributed by atoms with van der Waals surface area (Å²) in [6.45, 7) is 1.92. The van der Waals surface area contributed by atoms with Crippen LogP contribution in [-0.2, 0) is 9.57 Å². The summed E-state index contributed by atoms with van der Waals surface area (Å²) in [5, 5.41) is 5.37. The van der Waals surface area contributed by atoms with Crippen LogP contribution >= 0.6 is 11.3 Å². The van der Waals surface area contributed by atoms with E-state index in [1.165, 1.54) is 0 Å². The summed E-state index contributed by atoms with van der Waals surface area (Å²) in [5.41, 5.74) is 0.889. The highest BCUT2D eigenvalue weighted by Gasteiger charge is 2.37. The van der Waals surface area contributed by atoms with Crippen LogP contribution in [0.3, 0.4) is 0 Å². The lowest BCUT2D eigenvalue weighted by atomic mass is 10.1. The Kier molecular flexibility index (Phi) is 3.17. The maximum absolute atomic E-state index is 12.6. The highest BCUT2D eigenvalue weighted by atomic mass is 32.1. The SMILES string of the molecule is CC1OC1O/N=C/c1ccc2sc3ccccc3c(=O)c2c1. The molecule has 4 rings (SSSR count). The van der Waals surface area contributed by atoms with Crippen LogP contribution < -0.4 is 5.43 Å². The van der Waals surface area contributed by atoms with Crippen molar-refractivity contribution in [1.82, 2.24) is 0 Å². The zero-order valence-corrected chi connectivity index (χ0v) is 12.7. The van der Waals surface area contributed by atoms with Gasteiger partial charge in [0, 0.05) is 20.2 Å². The lowest BCUT2D eigenvalue weighted by molar-refractivity contribution is 0.0566. The van der Waals surface area contributed by atoms with Gasteiger partial charge in [-0.2, -0.15) is 0 Å². The van der Waals surface area contributed by atoms with Gasteiger partial charge in [-0.25, -0.2) is 0 Å². The van der Waals surface area contributed by atoms with E-state index in [2.05, 4.69) is 5.16 Å². The van der Waals surface area contributed by atoms with Crippen molar-refractivity contribution in [3.05, 3.63) is 58.3 Å². The molecule has 1 aromatic heterocycles. The van der Waals surface area contributed by atoms with E-state index in [0.717, 1.165) is 20.3 Å². The van der Waals surface area contributed by atoms with Crippen molar-refractivity contribution in [2.24, 2.45) is 5.16 Å². The van der Waals surface area contributed by atoms with Gasteiger partial charge in [0.2, 0.25) is 0 Å². The van der Waals surface area contributed by atoms with E-state index in [1.54, 1.807) is 17.6 Å². The molecule has 0 radical (unpaired) electrons. The van der Waals surface area contributed by atoms with E-state index in [-0.39, 0.29) is 17.8 Å². The van der Waals surface area contributed by atoms with E-state index in [4.69, 9.17) is 9.57 Å². The second-order valence-electron chi connectivity index (χ2n) is 5.23. The van der Waals surface area contributed by atoms with E-state index in [1.807, 2.05) is 49.4 Å². The molecule has 0 bridgehead atoms. The topological polar surface area (TPSA) is 51.2 Å². The third-order valence-electron chi connectivity index (χ3n) is 3.62. The van der Waals surface area contributed by atoms with Crippen LogP contribution in [-0.4, -0.2) is 18.6 Å². The van der Waals surface area contributed by atoms with Crippen LogP contribution in [0.1, 0.15) is 12.5 Å². The van der Waals surface area contributed by atoms with Crippen molar-refractivity contribution >= 4 is 37.7 Å². The van der Waals surface area contributed by atoms with Gasteiger partial charge in [-0.3, -0.25) is 4.79 Å². The number of epoxide rings is 1. The van der Waals surface area contributed by atoms with E-state index in [9.17, 15) is 4.79 Å². The van der Waals surface area contributed by atoms with Crippen molar-refractivity contribution < 1.29 is 9.57 Å². The first-order valence-corrected chi connectivity index (χ1v) is 7.84. The second kappa shape index (κ2) is 5.19. The maximum Gasteiger partial charge on any atom is 0.253 e. The number of nitrogens with zero attached hydrogens (tertiary/aromatic N) is 1. The third kappa shape index (κ3) is 2.38. The molecule has 0 N–H and O–H groups in total. The van der Waals surface area contributed by atoms with Gasteiger partial charge in [0.25, 0.3) is 6.29 Å². The molecule has 1 aliphatic rings. The van der Waals surface area contributed by atoms with Crippen LogP contribution in [0.15, 0.2) is 52.4 Å². The Morgan fingerprint density at radius 1 is 1.18 bits per heavy atom. The quantitative estimate of drug-likeness (QED) is 0.322. The summed E-state index contributed by atoms with van der Waals surface area (Å²) in [7, 11) is 0. The maximum atomic E-state index is 12.6. The van der Waals surface area contributed by atoms with Crippen LogP contribution in [0.4, 0.5) is 0 Å². The number of benzene rings is 2. The Morgan fingerprint density at radius 3 is 2.77 bits per heavy atom. The lowest BCUT2D eigenvalue weighted by Gasteiger charge is -2.01. The summed E-state index contributed by atoms with van der Waals surface area (Å²) in [6, 6.07) is 13.4. The van der Waals surface area contributed by atoms with E-state index >= 15 is 0 Å². The Balaban J connectivity index is 1.74. The standard InChI is InChI=1S/C17H13NO3S/c1-10-17(20-10)21-18-9-11-6-7-15-13(8-11)16(19)12-4-2-3-5-14(12)22-15/h2-10,17H,1H3/b18-9+. The van der Waals surface area contributed by atoms with Crippen LogP contribution in [0.25, 0.3) is 20.2 Å². The molecule has 0 aliphatic carbocycles. The number of fused-ring (bicyclic) bond motifs is 2. The Labute approximate surface area is 130 Å². The molecular weight excluding hydrogens is 298 g/mol. The average Bonchev–Trinajstić information content (AvgIpc) is 3.24. The molecule has 2 atom stereocenters. The molecule has 22 heavy (non-hydrogen) atoms. The molecule has 5 heteroatoms. The average molecular weight is 311 g/mol. The number of rotatable bonds is 3. The molecule has 1 fully saturated rings. The van der Waals surface area contributed by atoms with Gasteiger partial charge in [-0.05, 0) is 36.8 Å². The molecule has 0 amide bonds. The minimum Gasteiger partial charge on any atom is -0.361 e. The smallest absolute Gasteiger partial charge is 0.253 e. The molecule has 0 spiro atoms. The summed E-state index contributed by atoms with van der Waals surface area (Å²) in [4.78, 5) is 17.7.